The molecule has 7 nitrogen and oxygen atoms in total. The van der Waals surface area contributed by atoms with Gasteiger partial charge >= 0.3 is 0 Å². The average Bonchev–Trinajstić information content (AvgIpc) is 3.41. The van der Waals surface area contributed by atoms with Crippen LogP contribution in [0, 0.1) is 35.2 Å². The number of aliphatic hydroxyl groups is 2. The van der Waals surface area contributed by atoms with Gasteiger partial charge < -0.3 is 15.1 Å². The van der Waals surface area contributed by atoms with E-state index in [4.69, 9.17) is 6.57 Å². The minimum atomic E-state index is -1.42. The van der Waals surface area contributed by atoms with E-state index in [1.54, 1.807) is 6.20 Å². The van der Waals surface area contributed by atoms with Crippen LogP contribution in [0.2, 0.25) is 0 Å². The van der Waals surface area contributed by atoms with Crippen molar-refractivity contribution in [1.82, 2.24) is 14.8 Å². The summed E-state index contributed by atoms with van der Waals surface area (Å²) in [5.74, 6) is 0.590. The van der Waals surface area contributed by atoms with Crippen molar-refractivity contribution < 1.29 is 15.0 Å². The maximum absolute atomic E-state index is 13.6. The molecule has 8 heteroatoms. The van der Waals surface area contributed by atoms with Crippen molar-refractivity contribution in [3.63, 3.8) is 0 Å². The SMILES string of the molecule is [C-]#[N+]CCn1ncc2c1C=C1CCC3C(C(O)CC4(C)C3CC[C@]4(O)C(=O)CSc3ccccn3)C1(C)C2. The number of carbonyl (C=O) groups is 1. The lowest BCUT2D eigenvalue weighted by molar-refractivity contribution is -0.177. The van der Waals surface area contributed by atoms with Gasteiger partial charge in [-0.15, -0.1) is 0 Å². The minimum absolute atomic E-state index is 0.0839. The molecule has 2 heterocycles. The molecule has 2 N–H and O–H groups in total. The van der Waals surface area contributed by atoms with Crippen LogP contribution in [-0.2, 0) is 17.8 Å². The van der Waals surface area contributed by atoms with E-state index in [9.17, 15) is 15.0 Å². The molecule has 4 aliphatic rings. The third-order valence-corrected chi connectivity index (χ3v) is 11.5. The number of fused-ring (bicyclic) bond motifs is 6. The maximum atomic E-state index is 13.6. The van der Waals surface area contributed by atoms with Crippen molar-refractivity contribution in [1.29, 1.82) is 0 Å². The van der Waals surface area contributed by atoms with Gasteiger partial charge in [0.05, 0.1) is 28.8 Å². The summed E-state index contributed by atoms with van der Waals surface area (Å²) in [5.41, 5.74) is 1.43. The second kappa shape index (κ2) is 9.32. The number of rotatable bonds is 6. The molecule has 0 saturated heterocycles. The molecule has 2 aromatic rings. The molecule has 7 atom stereocenters. The quantitative estimate of drug-likeness (QED) is 0.422. The standard InChI is InChI=1S/C30H36N4O3S/c1-28-15-19-17-33-34(13-12-31-3)23(19)14-20(28)7-8-21-22-9-10-30(37,29(22,2)16-24(35)27(21)28)25(36)18-38-26-6-4-5-11-32-26/h4-6,11,14,17,21-22,24,27,35,37H,7-10,12-13,15-16,18H2,1-2H3/t21?,22?,24?,27?,28?,29?,30-/m0/s1. The zero-order chi connectivity index (χ0) is 26.7. The summed E-state index contributed by atoms with van der Waals surface area (Å²) in [6, 6.07) is 5.63. The van der Waals surface area contributed by atoms with Crippen LogP contribution >= 0.6 is 11.8 Å². The monoisotopic (exact) mass is 532 g/mol. The molecular formula is C30H36N4O3S. The number of hydrogen-bond acceptors (Lipinski definition) is 6. The van der Waals surface area contributed by atoms with Gasteiger partial charge in [-0.3, -0.25) is 9.48 Å². The van der Waals surface area contributed by atoms with Gasteiger partial charge in [-0.1, -0.05) is 37.2 Å². The molecule has 4 aliphatic carbocycles. The highest BCUT2D eigenvalue weighted by atomic mass is 32.2. The molecule has 0 bridgehead atoms. The highest BCUT2D eigenvalue weighted by molar-refractivity contribution is 7.99. The van der Waals surface area contributed by atoms with Crippen molar-refractivity contribution in [2.24, 2.45) is 28.6 Å². The van der Waals surface area contributed by atoms with Crippen LogP contribution in [0.4, 0.5) is 0 Å². The fraction of sp³-hybridized carbons (Fsp3) is 0.600. The summed E-state index contributed by atoms with van der Waals surface area (Å²) in [6.45, 7) is 12.5. The van der Waals surface area contributed by atoms with Gasteiger partial charge in [-0.05, 0) is 85.5 Å². The zero-order valence-corrected chi connectivity index (χ0v) is 23.0. The number of Topliss-reactive ketones (excluding diaryl/α,β-unsaturated/α-hetero) is 1. The molecule has 0 amide bonds. The van der Waals surface area contributed by atoms with E-state index in [0.717, 1.165) is 36.4 Å². The molecule has 3 fully saturated rings. The Balaban J connectivity index is 1.26. The second-order valence-electron chi connectivity index (χ2n) is 12.2. The van der Waals surface area contributed by atoms with Crippen LogP contribution in [0.1, 0.15) is 57.2 Å². The highest BCUT2D eigenvalue weighted by Crippen LogP contribution is 2.67. The zero-order valence-electron chi connectivity index (χ0n) is 22.1. The third kappa shape index (κ3) is 3.73. The number of thioether (sulfide) groups is 1. The summed E-state index contributed by atoms with van der Waals surface area (Å²) in [4.78, 5) is 21.4. The summed E-state index contributed by atoms with van der Waals surface area (Å²) in [7, 11) is 0. The number of hydrogen-bond donors (Lipinski definition) is 2. The van der Waals surface area contributed by atoms with E-state index >= 15 is 0 Å². The van der Waals surface area contributed by atoms with Crippen LogP contribution in [0.15, 0.2) is 41.2 Å². The largest absolute Gasteiger partial charge is 0.393 e. The Morgan fingerprint density at radius 2 is 2.16 bits per heavy atom. The van der Waals surface area contributed by atoms with Crippen LogP contribution in [0.25, 0.3) is 10.9 Å². The minimum Gasteiger partial charge on any atom is -0.393 e. The van der Waals surface area contributed by atoms with Crippen molar-refractivity contribution in [2.75, 3.05) is 12.3 Å². The first-order valence-electron chi connectivity index (χ1n) is 13.8. The summed E-state index contributed by atoms with van der Waals surface area (Å²) in [5, 5.41) is 29.1. The lowest BCUT2D eigenvalue weighted by Gasteiger charge is -2.60. The number of aromatic nitrogens is 3. The van der Waals surface area contributed by atoms with Gasteiger partial charge in [0.1, 0.15) is 12.1 Å². The first-order chi connectivity index (χ1) is 18.2. The van der Waals surface area contributed by atoms with Crippen molar-refractivity contribution >= 4 is 23.6 Å². The molecule has 2 aromatic heterocycles. The third-order valence-electron chi connectivity index (χ3n) is 10.5. The molecule has 38 heavy (non-hydrogen) atoms. The lowest BCUT2D eigenvalue weighted by Crippen LogP contribution is -2.62. The lowest BCUT2D eigenvalue weighted by atomic mass is 9.45. The Morgan fingerprint density at radius 3 is 2.92 bits per heavy atom. The fourth-order valence-electron chi connectivity index (χ4n) is 8.72. The number of aliphatic hydroxyl groups excluding tert-OH is 1. The topological polar surface area (TPSA) is 92.6 Å². The van der Waals surface area contributed by atoms with E-state index in [1.807, 2.05) is 29.1 Å². The molecule has 6 unspecified atom stereocenters. The molecule has 200 valence electrons. The average molecular weight is 533 g/mol. The van der Waals surface area contributed by atoms with Crippen LogP contribution in [0.5, 0.6) is 0 Å². The van der Waals surface area contributed by atoms with E-state index in [0.29, 0.717) is 25.9 Å². The van der Waals surface area contributed by atoms with E-state index < -0.39 is 17.1 Å². The number of nitrogens with zero attached hydrogens (tertiary/aromatic N) is 4. The molecule has 0 radical (unpaired) electrons. The van der Waals surface area contributed by atoms with Crippen LogP contribution in [-0.4, -0.2) is 54.8 Å². The number of ketones is 1. The Kier molecular flexibility index (Phi) is 6.33. The van der Waals surface area contributed by atoms with Crippen LogP contribution < -0.4 is 0 Å². The Bertz CT molecular complexity index is 1320. The Labute approximate surface area is 228 Å². The fourth-order valence-corrected chi connectivity index (χ4v) is 9.54. The molecule has 3 saturated carbocycles. The van der Waals surface area contributed by atoms with Crippen molar-refractivity contribution in [2.45, 2.75) is 75.6 Å². The first-order valence-corrected chi connectivity index (χ1v) is 14.8. The summed E-state index contributed by atoms with van der Waals surface area (Å²) < 4.78 is 1.95. The predicted molar refractivity (Wildman–Crippen MR) is 146 cm³/mol. The number of pyridine rings is 1. The van der Waals surface area contributed by atoms with E-state index in [2.05, 4.69) is 34.9 Å². The molecule has 6 rings (SSSR count). The van der Waals surface area contributed by atoms with Crippen molar-refractivity contribution in [3.8, 4) is 0 Å². The second-order valence-corrected chi connectivity index (χ2v) is 13.2. The van der Waals surface area contributed by atoms with Gasteiger partial charge in [0.25, 0.3) is 0 Å². The van der Waals surface area contributed by atoms with Gasteiger partial charge in [0.15, 0.2) is 5.78 Å². The number of allylic oxidation sites excluding steroid dienone is 1. The first kappa shape index (κ1) is 25.8. The highest BCUT2D eigenvalue weighted by Gasteiger charge is 2.68. The molecule has 0 aliphatic heterocycles. The summed E-state index contributed by atoms with van der Waals surface area (Å²) in [6.07, 6.45) is 9.79. The summed E-state index contributed by atoms with van der Waals surface area (Å²) >= 11 is 1.38. The van der Waals surface area contributed by atoms with Crippen LogP contribution in [0.3, 0.4) is 0 Å². The predicted octanol–water partition coefficient (Wildman–Crippen LogP) is 4.44. The molecular weight excluding hydrogens is 496 g/mol. The Morgan fingerprint density at radius 1 is 1.32 bits per heavy atom. The number of carbonyl (C=O) groups excluding carboxylic acids is 1. The maximum Gasteiger partial charge on any atom is 0.234 e. The molecule has 0 aromatic carbocycles. The molecule has 0 spiro atoms. The van der Waals surface area contributed by atoms with Gasteiger partial charge in [0.2, 0.25) is 6.54 Å². The van der Waals surface area contributed by atoms with E-state index in [1.165, 1.54) is 22.9 Å². The van der Waals surface area contributed by atoms with Gasteiger partial charge in [0, 0.05) is 11.6 Å². The van der Waals surface area contributed by atoms with Crippen molar-refractivity contribution in [3.05, 3.63) is 58.8 Å². The van der Waals surface area contributed by atoms with E-state index in [-0.39, 0.29) is 34.7 Å². The smallest absolute Gasteiger partial charge is 0.234 e. The normalized spacial score (nSPS) is 37.3. The Hall–Kier alpha value is -2.47. The van der Waals surface area contributed by atoms with Gasteiger partial charge in [-0.25, -0.2) is 11.6 Å². The van der Waals surface area contributed by atoms with Gasteiger partial charge in [-0.2, -0.15) is 5.10 Å².